The van der Waals surface area contributed by atoms with Crippen LogP contribution < -0.4 is 0 Å². The van der Waals surface area contributed by atoms with Crippen molar-refractivity contribution in [1.29, 1.82) is 0 Å². The first-order valence-corrected chi connectivity index (χ1v) is 6.22. The molecule has 1 heterocycles. The Kier molecular flexibility index (Phi) is 4.02. The fraction of sp³-hybridized carbons (Fsp3) is 0.400. The topological polar surface area (TPSA) is 44.8 Å². The zero-order chi connectivity index (χ0) is 13.9. The molecule has 4 heteroatoms. The third-order valence-electron chi connectivity index (χ3n) is 2.84. The normalized spacial score (nSPS) is 24.9. The molecule has 1 fully saturated rings. The quantitative estimate of drug-likeness (QED) is 0.618. The number of ether oxygens (including phenoxy) is 3. The molecule has 0 unspecified atom stereocenters. The lowest BCUT2D eigenvalue weighted by Gasteiger charge is -2.16. The van der Waals surface area contributed by atoms with Crippen molar-refractivity contribution in [3.63, 3.8) is 0 Å². The highest BCUT2D eigenvalue weighted by molar-refractivity contribution is 5.89. The van der Waals surface area contributed by atoms with Gasteiger partial charge in [-0.05, 0) is 26.0 Å². The Morgan fingerprint density at radius 1 is 1.37 bits per heavy atom. The van der Waals surface area contributed by atoms with E-state index in [4.69, 9.17) is 14.2 Å². The standard InChI is InChI=1S/C15H18O4/c1-4-12-13(19-15(2,3)18-12)10-17-14(16)11-8-6-5-7-9-11/h4-9,12-13H,1,10H2,2-3H3/t12-,13-/m0/s1. The fourth-order valence-electron chi connectivity index (χ4n) is 2.01. The first-order valence-electron chi connectivity index (χ1n) is 6.22. The molecule has 0 aromatic heterocycles. The van der Waals surface area contributed by atoms with Crippen LogP contribution in [0.5, 0.6) is 0 Å². The van der Waals surface area contributed by atoms with Crippen LogP contribution in [0.15, 0.2) is 43.0 Å². The highest BCUT2D eigenvalue weighted by Crippen LogP contribution is 2.28. The number of carbonyl (C=O) groups is 1. The molecule has 1 aromatic rings. The summed E-state index contributed by atoms with van der Waals surface area (Å²) in [5, 5.41) is 0. The van der Waals surface area contributed by atoms with Crippen molar-refractivity contribution in [2.45, 2.75) is 31.8 Å². The SMILES string of the molecule is C=C[C@@H]1OC(C)(C)O[C@H]1COC(=O)c1ccccc1. The van der Waals surface area contributed by atoms with Crippen LogP contribution in [0.4, 0.5) is 0 Å². The molecule has 2 rings (SSSR count). The largest absolute Gasteiger partial charge is 0.459 e. The molecule has 4 nitrogen and oxygen atoms in total. The van der Waals surface area contributed by atoms with Gasteiger partial charge in [0.2, 0.25) is 0 Å². The lowest BCUT2D eigenvalue weighted by molar-refractivity contribution is -0.146. The van der Waals surface area contributed by atoms with E-state index in [2.05, 4.69) is 6.58 Å². The third kappa shape index (κ3) is 3.43. The summed E-state index contributed by atoms with van der Waals surface area (Å²) in [6.07, 6.45) is 1.08. The molecule has 19 heavy (non-hydrogen) atoms. The molecule has 2 atom stereocenters. The molecule has 0 radical (unpaired) electrons. The van der Waals surface area contributed by atoms with Gasteiger partial charge in [-0.3, -0.25) is 0 Å². The second kappa shape index (κ2) is 5.55. The summed E-state index contributed by atoms with van der Waals surface area (Å²) in [4.78, 5) is 11.8. The summed E-state index contributed by atoms with van der Waals surface area (Å²) in [6, 6.07) is 8.86. The van der Waals surface area contributed by atoms with Gasteiger partial charge in [0, 0.05) is 0 Å². The molecule has 0 spiro atoms. The molecule has 0 aliphatic carbocycles. The van der Waals surface area contributed by atoms with Crippen LogP contribution in [0.1, 0.15) is 24.2 Å². The molecular weight excluding hydrogens is 244 g/mol. The van der Waals surface area contributed by atoms with E-state index in [0.717, 1.165) is 0 Å². The van der Waals surface area contributed by atoms with Crippen LogP contribution in [0.2, 0.25) is 0 Å². The van der Waals surface area contributed by atoms with Gasteiger partial charge in [0.1, 0.15) is 18.8 Å². The van der Waals surface area contributed by atoms with Gasteiger partial charge in [0.25, 0.3) is 0 Å². The Balaban J connectivity index is 1.92. The first-order chi connectivity index (χ1) is 9.02. The van der Waals surface area contributed by atoms with E-state index in [1.165, 1.54) is 0 Å². The van der Waals surface area contributed by atoms with E-state index in [1.807, 2.05) is 19.9 Å². The smallest absolute Gasteiger partial charge is 0.338 e. The molecule has 0 bridgehead atoms. The number of hydrogen-bond acceptors (Lipinski definition) is 4. The van der Waals surface area contributed by atoms with Crippen LogP contribution in [-0.4, -0.2) is 30.6 Å². The van der Waals surface area contributed by atoms with Crippen molar-refractivity contribution < 1.29 is 19.0 Å². The van der Waals surface area contributed by atoms with Gasteiger partial charge in [0.05, 0.1) is 5.56 Å². The average Bonchev–Trinajstić information content (AvgIpc) is 2.71. The Morgan fingerprint density at radius 3 is 2.68 bits per heavy atom. The maximum atomic E-state index is 11.8. The van der Waals surface area contributed by atoms with Gasteiger partial charge in [0.15, 0.2) is 5.79 Å². The number of esters is 1. The van der Waals surface area contributed by atoms with Gasteiger partial charge in [-0.1, -0.05) is 24.3 Å². The summed E-state index contributed by atoms with van der Waals surface area (Å²) in [5.41, 5.74) is 0.524. The zero-order valence-corrected chi connectivity index (χ0v) is 11.2. The summed E-state index contributed by atoms with van der Waals surface area (Å²) < 4.78 is 16.5. The maximum Gasteiger partial charge on any atom is 0.338 e. The van der Waals surface area contributed by atoms with E-state index < -0.39 is 5.79 Å². The Bertz CT molecular complexity index is 452. The Hall–Kier alpha value is -1.65. The van der Waals surface area contributed by atoms with Crippen molar-refractivity contribution >= 4 is 5.97 Å². The minimum Gasteiger partial charge on any atom is -0.459 e. The molecule has 0 amide bonds. The highest BCUT2D eigenvalue weighted by atomic mass is 16.8. The Labute approximate surface area is 113 Å². The van der Waals surface area contributed by atoms with E-state index in [0.29, 0.717) is 5.56 Å². The molecule has 1 aliphatic heterocycles. The van der Waals surface area contributed by atoms with Gasteiger partial charge < -0.3 is 14.2 Å². The minimum atomic E-state index is -0.678. The number of hydrogen-bond donors (Lipinski definition) is 0. The summed E-state index contributed by atoms with van der Waals surface area (Å²) in [7, 11) is 0. The van der Waals surface area contributed by atoms with E-state index in [1.54, 1.807) is 30.3 Å². The lowest BCUT2D eigenvalue weighted by atomic mass is 10.2. The van der Waals surface area contributed by atoms with Gasteiger partial charge in [-0.15, -0.1) is 6.58 Å². The van der Waals surface area contributed by atoms with Crippen LogP contribution in [0.25, 0.3) is 0 Å². The molecule has 0 saturated carbocycles. The average molecular weight is 262 g/mol. The third-order valence-corrected chi connectivity index (χ3v) is 2.84. The number of benzene rings is 1. The van der Waals surface area contributed by atoms with Crippen LogP contribution in [-0.2, 0) is 14.2 Å². The van der Waals surface area contributed by atoms with Crippen molar-refractivity contribution in [2.75, 3.05) is 6.61 Å². The summed E-state index contributed by atoms with van der Waals surface area (Å²) in [6.45, 7) is 7.49. The predicted molar refractivity (Wildman–Crippen MR) is 70.7 cm³/mol. The molecule has 1 aromatic carbocycles. The van der Waals surface area contributed by atoms with Gasteiger partial charge >= 0.3 is 5.97 Å². The van der Waals surface area contributed by atoms with Crippen molar-refractivity contribution in [1.82, 2.24) is 0 Å². The second-order valence-electron chi connectivity index (χ2n) is 4.84. The molecule has 0 N–H and O–H groups in total. The minimum absolute atomic E-state index is 0.147. The Morgan fingerprint density at radius 2 is 2.05 bits per heavy atom. The van der Waals surface area contributed by atoms with Crippen molar-refractivity contribution in [2.24, 2.45) is 0 Å². The van der Waals surface area contributed by atoms with E-state index in [-0.39, 0.29) is 24.8 Å². The first kappa shape index (κ1) is 13.8. The summed E-state index contributed by atoms with van der Waals surface area (Å²) in [5.74, 6) is -1.04. The molecule has 1 aliphatic rings. The van der Waals surface area contributed by atoms with Crippen molar-refractivity contribution in [3.05, 3.63) is 48.6 Å². The lowest BCUT2D eigenvalue weighted by Crippen LogP contribution is -2.28. The zero-order valence-electron chi connectivity index (χ0n) is 11.2. The van der Waals surface area contributed by atoms with Gasteiger partial charge in [-0.25, -0.2) is 4.79 Å². The molecular formula is C15H18O4. The second-order valence-corrected chi connectivity index (χ2v) is 4.84. The monoisotopic (exact) mass is 262 g/mol. The number of carbonyl (C=O) groups excluding carboxylic acids is 1. The van der Waals surface area contributed by atoms with Crippen LogP contribution in [0, 0.1) is 0 Å². The molecule has 1 saturated heterocycles. The molecule has 102 valence electrons. The maximum absolute atomic E-state index is 11.8. The predicted octanol–water partition coefficient (Wildman–Crippen LogP) is 2.55. The van der Waals surface area contributed by atoms with Crippen LogP contribution >= 0.6 is 0 Å². The van der Waals surface area contributed by atoms with E-state index >= 15 is 0 Å². The van der Waals surface area contributed by atoms with Gasteiger partial charge in [-0.2, -0.15) is 0 Å². The van der Waals surface area contributed by atoms with E-state index in [9.17, 15) is 4.79 Å². The van der Waals surface area contributed by atoms with Crippen LogP contribution in [0.3, 0.4) is 0 Å². The van der Waals surface area contributed by atoms with Crippen molar-refractivity contribution in [3.8, 4) is 0 Å². The highest BCUT2D eigenvalue weighted by Gasteiger charge is 2.40. The summed E-state index contributed by atoms with van der Waals surface area (Å²) >= 11 is 0. The fourth-order valence-corrected chi connectivity index (χ4v) is 2.01. The number of rotatable bonds is 4.